The van der Waals surface area contributed by atoms with Gasteiger partial charge in [-0.2, -0.15) is 4.31 Å². The summed E-state index contributed by atoms with van der Waals surface area (Å²) in [7, 11) is -4.00. The van der Waals surface area contributed by atoms with Gasteiger partial charge >= 0.3 is 11.9 Å². The molecule has 0 atom stereocenters. The number of hydrogen-bond acceptors (Lipinski definition) is 6. The fourth-order valence-electron chi connectivity index (χ4n) is 6.23. The van der Waals surface area contributed by atoms with Crippen LogP contribution in [0.3, 0.4) is 0 Å². The molecule has 5 rings (SSSR count). The molecule has 0 aliphatic heterocycles. The number of sulfonamides is 1. The van der Waals surface area contributed by atoms with Crippen LogP contribution >= 0.6 is 11.6 Å². The van der Waals surface area contributed by atoms with Crippen molar-refractivity contribution in [3.8, 4) is 0 Å². The van der Waals surface area contributed by atoms with Crippen molar-refractivity contribution in [2.45, 2.75) is 56.4 Å². The predicted octanol–water partition coefficient (Wildman–Crippen LogP) is 6.98. The smallest absolute Gasteiger partial charge is 0.335 e. The third-order valence-corrected chi connectivity index (χ3v) is 11.3. The molecule has 11 nitrogen and oxygen atoms in total. The van der Waals surface area contributed by atoms with Crippen molar-refractivity contribution in [1.29, 1.82) is 0 Å². The summed E-state index contributed by atoms with van der Waals surface area (Å²) in [6, 6.07) is 23.8. The largest absolute Gasteiger partial charge is 0.481 e. The summed E-state index contributed by atoms with van der Waals surface area (Å²) in [4.78, 5) is 49.2. The molecule has 0 aromatic heterocycles. The third-order valence-electron chi connectivity index (χ3n) is 9.06. The van der Waals surface area contributed by atoms with E-state index in [1.165, 1.54) is 46.8 Å². The minimum atomic E-state index is -4.00. The molecule has 1 aliphatic rings. The summed E-state index contributed by atoms with van der Waals surface area (Å²) in [5, 5.41) is 24.2. The molecule has 2 amide bonds. The van der Waals surface area contributed by atoms with Gasteiger partial charge < -0.3 is 20.8 Å². The van der Waals surface area contributed by atoms with Crippen molar-refractivity contribution in [3.63, 3.8) is 0 Å². The second-order valence-corrected chi connectivity index (χ2v) is 14.7. The Morgan fingerprint density at radius 2 is 1.39 bits per heavy atom. The maximum absolute atomic E-state index is 13.7. The molecule has 1 saturated carbocycles. The number of aryl methyl sites for hydroxylation is 2. The molecule has 0 saturated heterocycles. The van der Waals surface area contributed by atoms with Crippen molar-refractivity contribution in [1.82, 2.24) is 4.31 Å². The van der Waals surface area contributed by atoms with E-state index in [-0.39, 0.29) is 44.9 Å². The average Bonchev–Trinajstić information content (AvgIpc) is 3.12. The monoisotopic (exact) mass is 731 g/mol. The second-order valence-electron chi connectivity index (χ2n) is 12.4. The van der Waals surface area contributed by atoms with Gasteiger partial charge in [0.25, 0.3) is 11.8 Å². The van der Waals surface area contributed by atoms with Gasteiger partial charge in [-0.05, 0) is 110 Å². The maximum atomic E-state index is 13.7. The van der Waals surface area contributed by atoms with Gasteiger partial charge in [-0.25, -0.2) is 13.2 Å². The summed E-state index contributed by atoms with van der Waals surface area (Å²) in [6.45, 7) is 1.92. The van der Waals surface area contributed by atoms with E-state index >= 15 is 0 Å². The Morgan fingerprint density at radius 3 is 1.98 bits per heavy atom. The molecule has 1 fully saturated rings. The highest BCUT2D eigenvalue weighted by atomic mass is 35.5. The standard InChI is InChI=1S/C38H38ClN3O8S/c1-2-42(31-19-14-27(15-20-31)38(47)48)51(49,50)32-5-3-4-28(22-32)35(43)41-34-21-16-29(39)23-33(34)36(44)40-30-17-10-25(11-18-30)7-6-24-8-12-26(13-9-24)37(45)46/h3-5,8-13,16-18,21-23,27,31H,2,6-7,14-15,19-20H2,1H3,(H,40,44)(H,41,43)(H,45,46)(H,47,48)/t27-,31-. The topological polar surface area (TPSA) is 170 Å². The van der Waals surface area contributed by atoms with E-state index < -0.39 is 39.7 Å². The first-order valence-corrected chi connectivity index (χ1v) is 18.4. The number of aliphatic carboxylic acids is 1. The average molecular weight is 732 g/mol. The second kappa shape index (κ2) is 16.3. The Labute approximate surface area is 301 Å². The number of nitrogens with one attached hydrogen (secondary N) is 2. The van der Waals surface area contributed by atoms with Crippen LogP contribution < -0.4 is 10.6 Å². The lowest BCUT2D eigenvalue weighted by Crippen LogP contribution is -2.42. The number of carbonyl (C=O) groups is 4. The van der Waals surface area contributed by atoms with Gasteiger partial charge in [0.05, 0.1) is 27.6 Å². The minimum Gasteiger partial charge on any atom is -0.481 e. The first-order valence-electron chi connectivity index (χ1n) is 16.5. The lowest BCUT2D eigenvalue weighted by Gasteiger charge is -2.34. The Bertz CT molecular complexity index is 2030. The molecule has 13 heteroatoms. The van der Waals surface area contributed by atoms with Crippen LogP contribution in [0.15, 0.2) is 95.9 Å². The van der Waals surface area contributed by atoms with Gasteiger partial charge in [0.15, 0.2) is 0 Å². The zero-order chi connectivity index (χ0) is 36.7. The van der Waals surface area contributed by atoms with E-state index in [1.807, 2.05) is 12.1 Å². The Morgan fingerprint density at radius 1 is 0.765 bits per heavy atom. The molecule has 4 aromatic rings. The number of benzene rings is 4. The van der Waals surface area contributed by atoms with Gasteiger partial charge in [0.2, 0.25) is 10.0 Å². The molecule has 51 heavy (non-hydrogen) atoms. The van der Waals surface area contributed by atoms with E-state index in [2.05, 4.69) is 10.6 Å². The number of carbonyl (C=O) groups excluding carboxylic acids is 2. The molecule has 0 radical (unpaired) electrons. The first kappa shape index (κ1) is 37.2. The van der Waals surface area contributed by atoms with E-state index in [0.29, 0.717) is 44.2 Å². The minimum absolute atomic E-state index is 0.0639. The highest BCUT2D eigenvalue weighted by molar-refractivity contribution is 7.89. The van der Waals surface area contributed by atoms with Crippen molar-refractivity contribution >= 4 is 56.8 Å². The molecule has 266 valence electrons. The van der Waals surface area contributed by atoms with Crippen LogP contribution in [0.25, 0.3) is 0 Å². The fourth-order valence-corrected chi connectivity index (χ4v) is 8.14. The molecule has 4 N–H and O–H groups in total. The number of halogens is 1. The molecule has 0 spiro atoms. The number of carboxylic acids is 2. The number of aromatic carboxylic acids is 1. The third kappa shape index (κ3) is 9.20. The van der Waals surface area contributed by atoms with Gasteiger partial charge in [-0.3, -0.25) is 14.4 Å². The molecular formula is C38H38ClN3O8S. The normalized spacial score (nSPS) is 16.0. The molecular weight excluding hydrogens is 694 g/mol. The van der Waals surface area contributed by atoms with Gasteiger partial charge in [0.1, 0.15) is 0 Å². The Balaban J connectivity index is 1.25. The molecule has 1 aliphatic carbocycles. The quantitative estimate of drug-likeness (QED) is 0.114. The Hall–Kier alpha value is -5.04. The number of anilines is 2. The van der Waals surface area contributed by atoms with Crippen LogP contribution in [0, 0.1) is 5.92 Å². The van der Waals surface area contributed by atoms with Crippen molar-refractivity contribution in [2.24, 2.45) is 5.92 Å². The van der Waals surface area contributed by atoms with Crippen molar-refractivity contribution in [3.05, 3.63) is 124 Å². The van der Waals surface area contributed by atoms with Crippen LogP contribution in [-0.2, 0) is 27.7 Å². The maximum Gasteiger partial charge on any atom is 0.335 e. The molecule has 0 unspecified atom stereocenters. The summed E-state index contributed by atoms with van der Waals surface area (Å²) < 4.78 is 28.8. The van der Waals surface area contributed by atoms with Crippen LogP contribution in [0.2, 0.25) is 5.02 Å². The number of hydrogen-bond donors (Lipinski definition) is 4. The summed E-state index contributed by atoms with van der Waals surface area (Å²) in [6.07, 6.45) is 3.07. The summed E-state index contributed by atoms with van der Waals surface area (Å²) in [5.41, 5.74) is 3.10. The fraction of sp³-hybridized carbons (Fsp3) is 0.263. The van der Waals surface area contributed by atoms with Gasteiger partial charge in [-0.15, -0.1) is 0 Å². The van der Waals surface area contributed by atoms with Crippen LogP contribution in [0.1, 0.15) is 74.8 Å². The van der Waals surface area contributed by atoms with Gasteiger partial charge in [0, 0.05) is 28.9 Å². The number of nitrogens with zero attached hydrogens (tertiary/aromatic N) is 1. The predicted molar refractivity (Wildman–Crippen MR) is 194 cm³/mol. The molecule has 0 bridgehead atoms. The number of carboxylic acid groups (broad SMARTS) is 2. The van der Waals surface area contributed by atoms with Gasteiger partial charge in [-0.1, -0.05) is 48.9 Å². The van der Waals surface area contributed by atoms with Crippen molar-refractivity contribution in [2.75, 3.05) is 17.2 Å². The highest BCUT2D eigenvalue weighted by Crippen LogP contribution is 2.31. The summed E-state index contributed by atoms with van der Waals surface area (Å²) in [5.74, 6) is -3.47. The molecule has 4 aromatic carbocycles. The first-order chi connectivity index (χ1) is 24.3. The van der Waals surface area contributed by atoms with Crippen LogP contribution in [-0.4, -0.2) is 59.3 Å². The number of amides is 2. The zero-order valence-electron chi connectivity index (χ0n) is 27.8. The number of rotatable bonds is 13. The van der Waals surface area contributed by atoms with Crippen LogP contribution in [0.4, 0.5) is 11.4 Å². The highest BCUT2D eigenvalue weighted by Gasteiger charge is 2.35. The zero-order valence-corrected chi connectivity index (χ0v) is 29.4. The SMILES string of the molecule is CCN([C@H]1CC[C@H](C(=O)O)CC1)S(=O)(=O)c1cccc(C(=O)Nc2ccc(Cl)cc2C(=O)Nc2ccc(CCc3ccc(C(=O)O)cc3)cc2)c1. The van der Waals surface area contributed by atoms with E-state index in [1.54, 1.807) is 43.3 Å². The van der Waals surface area contributed by atoms with Crippen LogP contribution in [0.5, 0.6) is 0 Å². The van der Waals surface area contributed by atoms with E-state index in [0.717, 1.165) is 11.1 Å². The van der Waals surface area contributed by atoms with E-state index in [4.69, 9.17) is 16.7 Å². The lowest BCUT2D eigenvalue weighted by atomic mass is 9.86. The Kier molecular flexibility index (Phi) is 11.9. The van der Waals surface area contributed by atoms with Crippen molar-refractivity contribution < 1.29 is 37.8 Å². The van der Waals surface area contributed by atoms with E-state index in [9.17, 15) is 32.7 Å². The lowest BCUT2D eigenvalue weighted by molar-refractivity contribution is -0.143. The molecule has 0 heterocycles. The summed E-state index contributed by atoms with van der Waals surface area (Å²) >= 11 is 6.23.